The molecule has 0 aliphatic carbocycles. The average Bonchev–Trinajstić information content (AvgIpc) is 3.09. The molecule has 1 aromatic heterocycles. The third kappa shape index (κ3) is 4.98. The van der Waals surface area contributed by atoms with Crippen molar-refractivity contribution in [2.45, 2.75) is 38.8 Å². The minimum atomic E-state index is -2.56. The normalized spacial score (nSPS) is 20.4. The molecule has 1 N–H and O–H groups in total. The first-order chi connectivity index (χ1) is 12.1. The highest BCUT2D eigenvalue weighted by Gasteiger charge is 2.23. The zero-order valence-electron chi connectivity index (χ0n) is 14.5. The van der Waals surface area contributed by atoms with Crippen LogP contribution in [0.3, 0.4) is 0 Å². The number of nitrogens with zero attached hydrogens (tertiary/aromatic N) is 4. The van der Waals surface area contributed by atoms with Gasteiger partial charge in [-0.15, -0.1) is 0 Å². The number of alkyl halides is 2. The highest BCUT2D eigenvalue weighted by molar-refractivity contribution is 5.76. The molecular formula is C17H27F2N5O. The van der Waals surface area contributed by atoms with Crippen molar-refractivity contribution in [1.29, 1.82) is 0 Å². The fraction of sp³-hybridized carbons (Fsp3) is 0.765. The van der Waals surface area contributed by atoms with E-state index >= 15 is 0 Å². The molecule has 2 aliphatic rings. The van der Waals surface area contributed by atoms with Crippen LogP contribution in [0.25, 0.3) is 0 Å². The molecule has 0 spiro atoms. The maximum absolute atomic E-state index is 12.9. The molecule has 2 fully saturated rings. The van der Waals surface area contributed by atoms with Gasteiger partial charge in [0.25, 0.3) is 0 Å². The first-order valence-electron chi connectivity index (χ1n) is 9.14. The van der Waals surface area contributed by atoms with Gasteiger partial charge in [-0.25, -0.2) is 4.98 Å². The smallest absolute Gasteiger partial charge is 0.319 e. The van der Waals surface area contributed by atoms with Crippen LogP contribution in [0.15, 0.2) is 12.4 Å². The second-order valence-corrected chi connectivity index (χ2v) is 6.92. The van der Waals surface area contributed by atoms with E-state index in [0.717, 1.165) is 36.9 Å². The van der Waals surface area contributed by atoms with Gasteiger partial charge >= 0.3 is 6.55 Å². The van der Waals surface area contributed by atoms with Crippen molar-refractivity contribution in [3.63, 3.8) is 0 Å². The van der Waals surface area contributed by atoms with Crippen LogP contribution in [0.5, 0.6) is 0 Å². The number of hydrogen-bond donors (Lipinski definition) is 1. The van der Waals surface area contributed by atoms with Crippen LogP contribution in [-0.2, 0) is 11.3 Å². The lowest BCUT2D eigenvalue weighted by atomic mass is 9.93. The summed E-state index contributed by atoms with van der Waals surface area (Å²) < 4.78 is 26.6. The number of halogens is 2. The third-order valence-electron chi connectivity index (χ3n) is 5.27. The number of hydrogen-bond acceptors (Lipinski definition) is 4. The van der Waals surface area contributed by atoms with Crippen LogP contribution in [0, 0.1) is 5.92 Å². The maximum Gasteiger partial charge on any atom is 0.319 e. The van der Waals surface area contributed by atoms with Crippen molar-refractivity contribution in [2.75, 3.05) is 39.3 Å². The Bertz CT molecular complexity index is 551. The second kappa shape index (κ2) is 8.71. The minimum Gasteiger partial charge on any atom is -0.340 e. The van der Waals surface area contributed by atoms with Crippen molar-refractivity contribution >= 4 is 5.91 Å². The van der Waals surface area contributed by atoms with Crippen LogP contribution in [0.4, 0.5) is 8.78 Å². The summed E-state index contributed by atoms with van der Waals surface area (Å²) in [6.07, 6.45) is 6.64. The Morgan fingerprint density at radius 1 is 1.24 bits per heavy atom. The topological polar surface area (TPSA) is 53.4 Å². The summed E-state index contributed by atoms with van der Waals surface area (Å²) in [5, 5.41) is 3.34. The molecule has 0 atom stereocenters. The number of carbonyl (C=O) groups is 1. The average molecular weight is 355 g/mol. The molecule has 0 saturated carbocycles. The summed E-state index contributed by atoms with van der Waals surface area (Å²) in [7, 11) is 0. The van der Waals surface area contributed by atoms with E-state index < -0.39 is 6.55 Å². The SMILES string of the molecule is O=C(CCC1CCNCC1)N1CCN(Cc2nccn2C(F)F)CC1. The summed E-state index contributed by atoms with van der Waals surface area (Å²) >= 11 is 0. The second-order valence-electron chi connectivity index (χ2n) is 6.92. The van der Waals surface area contributed by atoms with Crippen LogP contribution < -0.4 is 5.32 Å². The molecule has 25 heavy (non-hydrogen) atoms. The molecule has 2 aliphatic heterocycles. The molecule has 0 bridgehead atoms. The Morgan fingerprint density at radius 2 is 1.96 bits per heavy atom. The Morgan fingerprint density at radius 3 is 2.64 bits per heavy atom. The predicted octanol–water partition coefficient (Wildman–Crippen LogP) is 1.70. The summed E-state index contributed by atoms with van der Waals surface area (Å²) in [6, 6.07) is 0. The zero-order chi connectivity index (χ0) is 17.6. The molecule has 8 heteroatoms. The van der Waals surface area contributed by atoms with Crippen molar-refractivity contribution in [1.82, 2.24) is 24.7 Å². The molecule has 140 valence electrons. The summed E-state index contributed by atoms with van der Waals surface area (Å²) in [5.41, 5.74) is 0. The summed E-state index contributed by atoms with van der Waals surface area (Å²) in [6.45, 7) is 2.70. The van der Waals surface area contributed by atoms with Gasteiger partial charge in [0.15, 0.2) is 0 Å². The Hall–Kier alpha value is -1.54. The predicted molar refractivity (Wildman–Crippen MR) is 90.2 cm³/mol. The lowest BCUT2D eigenvalue weighted by Crippen LogP contribution is -2.48. The molecule has 2 saturated heterocycles. The van der Waals surface area contributed by atoms with Gasteiger partial charge in [-0.2, -0.15) is 8.78 Å². The molecule has 3 heterocycles. The van der Waals surface area contributed by atoms with Crippen molar-refractivity contribution in [3.8, 4) is 0 Å². The van der Waals surface area contributed by atoms with Gasteiger partial charge in [0.05, 0.1) is 6.54 Å². The molecule has 0 aromatic carbocycles. The lowest BCUT2D eigenvalue weighted by molar-refractivity contribution is -0.133. The molecular weight excluding hydrogens is 328 g/mol. The summed E-state index contributed by atoms with van der Waals surface area (Å²) in [4.78, 5) is 20.4. The molecule has 1 aromatic rings. The number of imidazole rings is 1. The highest BCUT2D eigenvalue weighted by Crippen LogP contribution is 2.19. The van der Waals surface area contributed by atoms with Gasteiger partial charge < -0.3 is 10.2 Å². The molecule has 3 rings (SSSR count). The highest BCUT2D eigenvalue weighted by atomic mass is 19.3. The zero-order valence-corrected chi connectivity index (χ0v) is 14.5. The van der Waals surface area contributed by atoms with Gasteiger partial charge in [-0.05, 0) is 38.3 Å². The van der Waals surface area contributed by atoms with Crippen molar-refractivity contribution in [3.05, 3.63) is 18.2 Å². The minimum absolute atomic E-state index is 0.229. The van der Waals surface area contributed by atoms with Gasteiger partial charge in [0.2, 0.25) is 5.91 Å². The number of nitrogens with one attached hydrogen (secondary N) is 1. The molecule has 1 amide bonds. The first-order valence-corrected chi connectivity index (χ1v) is 9.14. The molecule has 0 radical (unpaired) electrons. The quantitative estimate of drug-likeness (QED) is 0.844. The van der Waals surface area contributed by atoms with Crippen LogP contribution in [-0.4, -0.2) is 64.5 Å². The van der Waals surface area contributed by atoms with E-state index in [9.17, 15) is 13.6 Å². The van der Waals surface area contributed by atoms with E-state index in [2.05, 4.69) is 15.2 Å². The fourth-order valence-electron chi connectivity index (χ4n) is 3.66. The lowest BCUT2D eigenvalue weighted by Gasteiger charge is -2.35. The van der Waals surface area contributed by atoms with Gasteiger partial charge in [0.1, 0.15) is 5.82 Å². The number of aromatic nitrogens is 2. The van der Waals surface area contributed by atoms with Gasteiger partial charge in [0, 0.05) is 45.0 Å². The van der Waals surface area contributed by atoms with E-state index in [0.29, 0.717) is 50.9 Å². The fourth-order valence-corrected chi connectivity index (χ4v) is 3.66. The van der Waals surface area contributed by atoms with Crippen molar-refractivity contribution in [2.24, 2.45) is 5.92 Å². The van der Waals surface area contributed by atoms with Crippen LogP contribution in [0.2, 0.25) is 0 Å². The number of piperidine rings is 1. The van der Waals surface area contributed by atoms with Crippen molar-refractivity contribution < 1.29 is 13.6 Å². The van der Waals surface area contributed by atoms with E-state index in [4.69, 9.17) is 0 Å². The number of amides is 1. The summed E-state index contributed by atoms with van der Waals surface area (Å²) in [5.74, 6) is 1.27. The maximum atomic E-state index is 12.9. The van der Waals surface area contributed by atoms with E-state index in [1.807, 2.05) is 4.90 Å². The standard InChI is InChI=1S/C17H27F2N5O/c18-17(19)24-8-7-21-15(24)13-22-9-11-23(12-10-22)16(25)2-1-14-3-5-20-6-4-14/h7-8,14,17,20H,1-6,9-13H2. The molecule has 6 nitrogen and oxygen atoms in total. The Labute approximate surface area is 147 Å². The Kier molecular flexibility index (Phi) is 6.36. The third-order valence-corrected chi connectivity index (χ3v) is 5.27. The number of carbonyl (C=O) groups excluding carboxylic acids is 1. The number of rotatable bonds is 6. The van der Waals surface area contributed by atoms with E-state index in [-0.39, 0.29) is 5.91 Å². The first kappa shape index (κ1) is 18.3. The van der Waals surface area contributed by atoms with Gasteiger partial charge in [-0.1, -0.05) is 0 Å². The largest absolute Gasteiger partial charge is 0.340 e. The van der Waals surface area contributed by atoms with E-state index in [1.165, 1.54) is 12.4 Å². The monoisotopic (exact) mass is 355 g/mol. The Balaban J connectivity index is 1.40. The molecule has 0 unspecified atom stereocenters. The number of piperazine rings is 1. The van der Waals surface area contributed by atoms with Crippen LogP contribution >= 0.6 is 0 Å². The van der Waals surface area contributed by atoms with Gasteiger partial charge in [-0.3, -0.25) is 14.3 Å². The van der Waals surface area contributed by atoms with Crippen LogP contribution in [0.1, 0.15) is 38.1 Å². The van der Waals surface area contributed by atoms with E-state index in [1.54, 1.807) is 0 Å².